The highest BCUT2D eigenvalue weighted by molar-refractivity contribution is 5.46. The molecular weight excluding hydrogens is 149 g/mol. The maximum Gasteiger partial charge on any atom is 0.298 e. The van der Waals surface area contributed by atoms with Crippen LogP contribution in [-0.4, -0.2) is 11.5 Å². The molecule has 0 aliphatic carbocycles. The molecule has 58 valence electrons. The summed E-state index contributed by atoms with van der Waals surface area (Å²) in [5.41, 5.74) is 0.284. The van der Waals surface area contributed by atoms with Gasteiger partial charge in [0.25, 0.3) is 6.47 Å². The van der Waals surface area contributed by atoms with Gasteiger partial charge in [0.1, 0.15) is 5.82 Å². The molecule has 0 saturated heterocycles. The minimum Gasteiger partial charge on any atom is -0.427 e. The Labute approximate surface area is 62.8 Å². The molecule has 0 aromatic carbocycles. The summed E-state index contributed by atoms with van der Waals surface area (Å²) in [6, 6.07) is 0. The number of hydrogen-bond donors (Lipinski definition) is 0. The van der Waals surface area contributed by atoms with Gasteiger partial charge in [-0.2, -0.15) is 0 Å². The molecule has 0 radical (unpaired) electrons. The minimum absolute atomic E-state index is 0.153. The highest BCUT2D eigenvalue weighted by Crippen LogP contribution is 2.17. The number of rotatable bonds is 2. The van der Waals surface area contributed by atoms with Crippen LogP contribution in [0.3, 0.4) is 0 Å². The first kappa shape index (κ1) is 7.65. The smallest absolute Gasteiger partial charge is 0.298 e. The van der Waals surface area contributed by atoms with E-state index in [1.54, 1.807) is 0 Å². The summed E-state index contributed by atoms with van der Waals surface area (Å²) in [4.78, 5) is 13.4. The topological polar surface area (TPSA) is 39.2 Å². The van der Waals surface area contributed by atoms with Crippen LogP contribution in [0.4, 0.5) is 4.39 Å². The second kappa shape index (κ2) is 3.09. The predicted octanol–water partition coefficient (Wildman–Crippen LogP) is 1.06. The van der Waals surface area contributed by atoms with Crippen molar-refractivity contribution in [2.75, 3.05) is 0 Å². The van der Waals surface area contributed by atoms with Crippen LogP contribution in [0.5, 0.6) is 5.75 Å². The van der Waals surface area contributed by atoms with Crippen LogP contribution in [0, 0.1) is 12.7 Å². The number of nitrogens with zero attached hydrogens (tertiary/aromatic N) is 1. The van der Waals surface area contributed by atoms with E-state index in [1.165, 1.54) is 13.1 Å². The first-order chi connectivity index (χ1) is 5.25. The van der Waals surface area contributed by atoms with Crippen molar-refractivity contribution in [1.29, 1.82) is 0 Å². The van der Waals surface area contributed by atoms with Gasteiger partial charge in [-0.3, -0.25) is 9.78 Å². The fraction of sp³-hybridized carbons (Fsp3) is 0.143. The minimum atomic E-state index is -0.482. The number of carbonyl (C=O) groups is 1. The largest absolute Gasteiger partial charge is 0.427 e. The van der Waals surface area contributed by atoms with E-state index in [9.17, 15) is 9.18 Å². The van der Waals surface area contributed by atoms with Crippen molar-refractivity contribution in [1.82, 2.24) is 4.98 Å². The molecule has 0 bridgehead atoms. The van der Waals surface area contributed by atoms with Crippen LogP contribution in [-0.2, 0) is 4.79 Å². The van der Waals surface area contributed by atoms with Crippen molar-refractivity contribution in [3.05, 3.63) is 23.8 Å². The van der Waals surface area contributed by atoms with Gasteiger partial charge in [0.15, 0.2) is 5.75 Å². The average molecular weight is 155 g/mol. The van der Waals surface area contributed by atoms with Crippen molar-refractivity contribution in [2.24, 2.45) is 0 Å². The van der Waals surface area contributed by atoms with E-state index in [1.807, 2.05) is 0 Å². The molecule has 3 nitrogen and oxygen atoms in total. The normalized spacial score (nSPS) is 9.27. The van der Waals surface area contributed by atoms with Crippen molar-refractivity contribution in [3.8, 4) is 5.75 Å². The summed E-state index contributed by atoms with van der Waals surface area (Å²) in [7, 11) is 0. The lowest BCUT2D eigenvalue weighted by molar-refractivity contribution is -0.120. The first-order valence-electron chi connectivity index (χ1n) is 2.96. The molecule has 1 aromatic rings. The van der Waals surface area contributed by atoms with E-state index in [0.29, 0.717) is 0 Å². The SMILES string of the molecule is Cc1c(F)cncc1OC=O. The number of halogens is 1. The van der Waals surface area contributed by atoms with Gasteiger partial charge in [0, 0.05) is 5.56 Å². The molecule has 0 saturated carbocycles. The zero-order valence-electron chi connectivity index (χ0n) is 5.87. The molecule has 0 fully saturated rings. The predicted molar refractivity (Wildman–Crippen MR) is 35.6 cm³/mol. The van der Waals surface area contributed by atoms with Gasteiger partial charge < -0.3 is 4.74 Å². The average Bonchev–Trinajstić information content (AvgIpc) is 1.99. The van der Waals surface area contributed by atoms with Gasteiger partial charge in [0.2, 0.25) is 0 Å². The van der Waals surface area contributed by atoms with Crippen molar-refractivity contribution < 1.29 is 13.9 Å². The van der Waals surface area contributed by atoms with E-state index in [2.05, 4.69) is 9.72 Å². The number of pyridine rings is 1. The van der Waals surface area contributed by atoms with Gasteiger partial charge in [-0.1, -0.05) is 0 Å². The number of aromatic nitrogens is 1. The van der Waals surface area contributed by atoms with E-state index >= 15 is 0 Å². The summed E-state index contributed by atoms with van der Waals surface area (Å²) >= 11 is 0. The molecule has 0 amide bonds. The third-order valence-electron chi connectivity index (χ3n) is 1.28. The maximum atomic E-state index is 12.6. The van der Waals surface area contributed by atoms with E-state index in [-0.39, 0.29) is 17.8 Å². The summed E-state index contributed by atoms with van der Waals surface area (Å²) in [6.45, 7) is 1.75. The van der Waals surface area contributed by atoms with Crippen LogP contribution in [0.25, 0.3) is 0 Å². The Morgan fingerprint density at radius 1 is 1.64 bits per heavy atom. The molecule has 1 heterocycles. The van der Waals surface area contributed by atoms with E-state index < -0.39 is 5.82 Å². The Bertz CT molecular complexity index is 275. The van der Waals surface area contributed by atoms with Crippen molar-refractivity contribution in [3.63, 3.8) is 0 Å². The first-order valence-corrected chi connectivity index (χ1v) is 2.96. The van der Waals surface area contributed by atoms with Gasteiger partial charge in [-0.05, 0) is 6.92 Å². The molecule has 0 atom stereocenters. The summed E-state index contributed by atoms with van der Waals surface area (Å²) < 4.78 is 17.1. The monoisotopic (exact) mass is 155 g/mol. The fourth-order valence-electron chi connectivity index (χ4n) is 0.652. The Morgan fingerprint density at radius 3 is 3.00 bits per heavy atom. The number of carbonyl (C=O) groups excluding carboxylic acids is 1. The Morgan fingerprint density at radius 2 is 2.36 bits per heavy atom. The summed E-state index contributed by atoms with van der Waals surface area (Å²) in [5, 5.41) is 0. The third-order valence-corrected chi connectivity index (χ3v) is 1.28. The molecule has 0 N–H and O–H groups in total. The lowest BCUT2D eigenvalue weighted by atomic mass is 10.3. The van der Waals surface area contributed by atoms with Gasteiger partial charge >= 0.3 is 0 Å². The molecule has 1 rings (SSSR count). The van der Waals surface area contributed by atoms with Crippen molar-refractivity contribution >= 4 is 6.47 Å². The molecule has 1 aromatic heterocycles. The van der Waals surface area contributed by atoms with Crippen molar-refractivity contribution in [2.45, 2.75) is 6.92 Å². The Hall–Kier alpha value is -1.45. The molecule has 0 spiro atoms. The zero-order valence-corrected chi connectivity index (χ0v) is 5.87. The lowest BCUT2D eigenvalue weighted by Crippen LogP contribution is -1.94. The zero-order chi connectivity index (χ0) is 8.27. The Kier molecular flexibility index (Phi) is 2.15. The highest BCUT2D eigenvalue weighted by atomic mass is 19.1. The van der Waals surface area contributed by atoms with E-state index in [0.717, 1.165) is 6.20 Å². The maximum absolute atomic E-state index is 12.6. The quantitative estimate of drug-likeness (QED) is 0.599. The number of ether oxygens (including phenoxy) is 1. The Balaban J connectivity index is 3.05. The molecule has 0 aliphatic heterocycles. The van der Waals surface area contributed by atoms with Crippen LogP contribution >= 0.6 is 0 Å². The van der Waals surface area contributed by atoms with Gasteiger partial charge in [-0.15, -0.1) is 0 Å². The second-order valence-corrected chi connectivity index (χ2v) is 1.96. The molecule has 11 heavy (non-hydrogen) atoms. The molecule has 4 heteroatoms. The summed E-state index contributed by atoms with van der Waals surface area (Å²) in [5.74, 6) is -0.329. The van der Waals surface area contributed by atoms with Crippen LogP contribution in [0.2, 0.25) is 0 Å². The summed E-state index contributed by atoms with van der Waals surface area (Å²) in [6.07, 6.45) is 2.35. The van der Waals surface area contributed by atoms with Crippen LogP contribution < -0.4 is 4.74 Å². The van der Waals surface area contributed by atoms with Crippen LogP contribution in [0.15, 0.2) is 12.4 Å². The van der Waals surface area contributed by atoms with Gasteiger partial charge in [-0.25, -0.2) is 4.39 Å². The standard InChI is InChI=1S/C7H6FNO2/c1-5-6(8)2-9-3-7(5)11-4-10/h2-4H,1H3. The molecule has 0 unspecified atom stereocenters. The highest BCUT2D eigenvalue weighted by Gasteiger charge is 2.03. The lowest BCUT2D eigenvalue weighted by Gasteiger charge is -2.00. The van der Waals surface area contributed by atoms with Crippen LogP contribution in [0.1, 0.15) is 5.56 Å². The molecule has 0 aliphatic rings. The molecular formula is C7H6FNO2. The number of hydrogen-bond acceptors (Lipinski definition) is 3. The fourth-order valence-corrected chi connectivity index (χ4v) is 0.652. The van der Waals surface area contributed by atoms with E-state index in [4.69, 9.17) is 0 Å². The third kappa shape index (κ3) is 1.52. The van der Waals surface area contributed by atoms with Gasteiger partial charge in [0.05, 0.1) is 12.4 Å². The second-order valence-electron chi connectivity index (χ2n) is 1.96.